The normalized spacial score (nSPS) is 16.6. The van der Waals surface area contributed by atoms with Crippen LogP contribution in [0.5, 0.6) is 0 Å². The third-order valence-electron chi connectivity index (χ3n) is 10.6. The lowest BCUT2D eigenvalue weighted by molar-refractivity contribution is -0.141. The van der Waals surface area contributed by atoms with Crippen LogP contribution in [0.25, 0.3) is 0 Å². The fourth-order valence-corrected chi connectivity index (χ4v) is 7.56. The number of hydrogen-bond acceptors (Lipinski definition) is 13. The van der Waals surface area contributed by atoms with E-state index < -0.39 is 120 Å². The number of nitrogens with zero attached hydrogens (tertiary/aromatic N) is 1. The van der Waals surface area contributed by atoms with Crippen LogP contribution in [0.3, 0.4) is 0 Å². The molecule has 0 aromatic heterocycles. The second-order valence-electron chi connectivity index (χ2n) is 16.5. The Hall–Kier alpha value is -5.32. The Balaban J connectivity index is 2.28. The number of benzene rings is 1. The SMILES string of the molecule is CSCC[C@H](NC(=O)[C@H](CC(C)C)N1CCC(NC(=O)[C@@H](NC(=O)[C@H](Cc2ccccc2)NC(=O)[C@H](CO)NC(=O)[C@H](CC(=O)O)NC(=O)C(CCN)CCN)C(C)C)C1=O)C(N)=O. The molecule has 358 valence electrons. The predicted molar refractivity (Wildman–Crippen MR) is 239 cm³/mol. The van der Waals surface area contributed by atoms with Gasteiger partial charge in [-0.3, -0.25) is 43.2 Å². The second-order valence-corrected chi connectivity index (χ2v) is 17.5. The van der Waals surface area contributed by atoms with Gasteiger partial charge in [0.05, 0.1) is 13.0 Å². The Bertz CT molecular complexity index is 1750. The molecule has 0 spiro atoms. The summed E-state index contributed by atoms with van der Waals surface area (Å²) in [6.45, 7) is 6.47. The zero-order valence-corrected chi connectivity index (χ0v) is 38.1. The molecule has 14 N–H and O–H groups in total. The predicted octanol–water partition coefficient (Wildman–Crippen LogP) is -2.54. The number of aliphatic hydroxyl groups excluding tert-OH is 1. The molecule has 1 saturated heterocycles. The first kappa shape index (κ1) is 54.8. The maximum atomic E-state index is 14.0. The number of hydrogen-bond donors (Lipinski definition) is 11. The van der Waals surface area contributed by atoms with Crippen molar-refractivity contribution in [3.63, 3.8) is 0 Å². The minimum atomic E-state index is -1.71. The van der Waals surface area contributed by atoms with E-state index in [0.29, 0.717) is 17.7 Å². The van der Waals surface area contributed by atoms with Crippen LogP contribution in [0, 0.1) is 17.8 Å². The third kappa shape index (κ3) is 17.7. The molecule has 22 heteroatoms. The smallest absolute Gasteiger partial charge is 0.305 e. The van der Waals surface area contributed by atoms with E-state index >= 15 is 0 Å². The van der Waals surface area contributed by atoms with Gasteiger partial charge >= 0.3 is 5.97 Å². The van der Waals surface area contributed by atoms with Gasteiger partial charge in [0, 0.05) is 18.9 Å². The van der Waals surface area contributed by atoms with Crippen molar-refractivity contribution in [1.82, 2.24) is 36.8 Å². The van der Waals surface area contributed by atoms with Crippen molar-refractivity contribution in [2.75, 3.05) is 38.2 Å². The van der Waals surface area contributed by atoms with Crippen LogP contribution in [0.15, 0.2) is 30.3 Å². The zero-order valence-electron chi connectivity index (χ0n) is 37.3. The van der Waals surface area contributed by atoms with Gasteiger partial charge in [0.1, 0.15) is 42.3 Å². The summed E-state index contributed by atoms with van der Waals surface area (Å²) in [5.74, 6) is -8.25. The van der Waals surface area contributed by atoms with Crippen LogP contribution >= 0.6 is 11.8 Å². The van der Waals surface area contributed by atoms with Crippen LogP contribution in [-0.2, 0) is 49.6 Å². The molecule has 1 aliphatic heterocycles. The quantitative estimate of drug-likeness (QED) is 0.0395. The average Bonchev–Trinajstić information content (AvgIpc) is 3.59. The summed E-state index contributed by atoms with van der Waals surface area (Å²) in [4.78, 5) is 120. The summed E-state index contributed by atoms with van der Waals surface area (Å²) in [5, 5.41) is 34.9. The second kappa shape index (κ2) is 27.8. The molecular formula is C42H68N10O11S. The largest absolute Gasteiger partial charge is 0.481 e. The van der Waals surface area contributed by atoms with Crippen LogP contribution < -0.4 is 49.1 Å². The van der Waals surface area contributed by atoms with Gasteiger partial charge in [-0.25, -0.2) is 0 Å². The molecule has 1 aromatic carbocycles. The van der Waals surface area contributed by atoms with Crippen molar-refractivity contribution in [3.05, 3.63) is 35.9 Å². The van der Waals surface area contributed by atoms with Gasteiger partial charge in [0.15, 0.2) is 0 Å². The lowest BCUT2D eigenvalue weighted by Gasteiger charge is -2.30. The number of primary amides is 1. The van der Waals surface area contributed by atoms with E-state index in [1.807, 2.05) is 20.1 Å². The molecule has 1 fully saturated rings. The van der Waals surface area contributed by atoms with Gasteiger partial charge in [-0.05, 0) is 74.6 Å². The molecule has 0 bridgehead atoms. The first-order valence-corrected chi connectivity index (χ1v) is 22.8. The Morgan fingerprint density at radius 1 is 0.766 bits per heavy atom. The molecule has 8 amide bonds. The molecule has 2 rings (SSSR count). The first-order valence-electron chi connectivity index (χ1n) is 21.5. The number of aliphatic hydroxyl groups is 1. The molecule has 1 unspecified atom stereocenters. The van der Waals surface area contributed by atoms with E-state index in [-0.39, 0.29) is 57.7 Å². The summed E-state index contributed by atoms with van der Waals surface area (Å²) in [7, 11) is 0. The molecule has 21 nitrogen and oxygen atoms in total. The molecule has 1 heterocycles. The van der Waals surface area contributed by atoms with E-state index in [9.17, 15) is 53.4 Å². The zero-order chi connectivity index (χ0) is 48.1. The van der Waals surface area contributed by atoms with E-state index in [4.69, 9.17) is 17.2 Å². The van der Waals surface area contributed by atoms with Crippen molar-refractivity contribution in [3.8, 4) is 0 Å². The maximum absolute atomic E-state index is 14.0. The van der Waals surface area contributed by atoms with Crippen molar-refractivity contribution in [2.24, 2.45) is 35.0 Å². The first-order chi connectivity index (χ1) is 30.3. The fourth-order valence-electron chi connectivity index (χ4n) is 7.09. The molecule has 0 saturated carbocycles. The summed E-state index contributed by atoms with van der Waals surface area (Å²) >= 11 is 1.48. The highest BCUT2D eigenvalue weighted by atomic mass is 32.2. The number of nitrogens with two attached hydrogens (primary N) is 3. The highest BCUT2D eigenvalue weighted by molar-refractivity contribution is 7.98. The average molecular weight is 921 g/mol. The van der Waals surface area contributed by atoms with Gasteiger partial charge < -0.3 is 64.2 Å². The number of nitrogens with one attached hydrogen (secondary N) is 6. The minimum absolute atomic E-state index is 0.0213. The summed E-state index contributed by atoms with van der Waals surface area (Å²) in [6, 6.07) is -0.395. The van der Waals surface area contributed by atoms with Gasteiger partial charge in [-0.2, -0.15) is 11.8 Å². The molecule has 1 aliphatic rings. The van der Waals surface area contributed by atoms with Gasteiger partial charge in [-0.1, -0.05) is 58.0 Å². The fraction of sp³-hybridized carbons (Fsp3) is 0.643. The summed E-state index contributed by atoms with van der Waals surface area (Å²) < 4.78 is 0. The Morgan fingerprint density at radius 2 is 1.33 bits per heavy atom. The Kier molecular flexibility index (Phi) is 23.8. The van der Waals surface area contributed by atoms with Crippen molar-refractivity contribution in [2.45, 2.75) is 115 Å². The molecular weight excluding hydrogens is 853 g/mol. The van der Waals surface area contributed by atoms with Gasteiger partial charge in [0.2, 0.25) is 47.3 Å². The standard InChI is InChI=1S/C42H68N10O11S/c1-23(2)19-32(40(61)46-27(35(45)56)14-18-64-5)52-17-13-28(42(52)63)47-41(62)34(24(3)4)51-38(59)29(20-25-9-7-6-8-10-25)49-39(60)31(22-53)50-37(58)30(21-33(54)55)48-36(57)26(11-15-43)12-16-44/h6-10,23-24,26-32,34,53H,11-22,43-44H2,1-5H3,(H2,45,56)(H,46,61)(H,47,62)(H,48,57)(H,49,60)(H,50,58)(H,51,59)(H,54,55)/t27-,28?,29-,30-,31-,32-,34-/m0/s1. The summed E-state index contributed by atoms with van der Waals surface area (Å²) in [6.07, 6.45) is 2.05. The minimum Gasteiger partial charge on any atom is -0.481 e. The van der Waals surface area contributed by atoms with E-state index in [1.54, 1.807) is 44.2 Å². The highest BCUT2D eigenvalue weighted by Crippen LogP contribution is 2.21. The number of carboxylic acid groups (broad SMARTS) is 1. The monoisotopic (exact) mass is 920 g/mol. The molecule has 0 aliphatic carbocycles. The topological polar surface area (TPSA) is 348 Å². The number of carboxylic acids is 1. The van der Waals surface area contributed by atoms with Crippen LogP contribution in [0.2, 0.25) is 0 Å². The Labute approximate surface area is 378 Å². The summed E-state index contributed by atoms with van der Waals surface area (Å²) in [5.41, 5.74) is 17.3. The van der Waals surface area contributed by atoms with E-state index in [0.717, 1.165) is 0 Å². The number of aliphatic carboxylic acids is 1. The van der Waals surface area contributed by atoms with Crippen LogP contribution in [0.4, 0.5) is 0 Å². The van der Waals surface area contributed by atoms with E-state index in [1.165, 1.54) is 16.7 Å². The maximum Gasteiger partial charge on any atom is 0.305 e. The lowest BCUT2D eigenvalue weighted by Crippen LogP contribution is -2.61. The number of carbonyl (C=O) groups is 9. The van der Waals surface area contributed by atoms with Crippen LogP contribution in [-0.4, -0.2) is 149 Å². The number of amides is 8. The molecule has 1 aromatic rings. The van der Waals surface area contributed by atoms with Crippen molar-refractivity contribution >= 4 is 65.0 Å². The van der Waals surface area contributed by atoms with Crippen molar-refractivity contribution < 1.29 is 53.4 Å². The molecule has 7 atom stereocenters. The van der Waals surface area contributed by atoms with Gasteiger partial charge in [0.25, 0.3) is 0 Å². The number of rotatable bonds is 29. The van der Waals surface area contributed by atoms with Crippen molar-refractivity contribution in [1.29, 1.82) is 0 Å². The molecule has 0 radical (unpaired) electrons. The molecule has 64 heavy (non-hydrogen) atoms. The highest BCUT2D eigenvalue weighted by Gasteiger charge is 2.42. The van der Waals surface area contributed by atoms with Gasteiger partial charge in [-0.15, -0.1) is 0 Å². The number of carbonyl (C=O) groups excluding carboxylic acids is 8. The lowest BCUT2D eigenvalue weighted by atomic mass is 9.99. The Morgan fingerprint density at radius 3 is 1.86 bits per heavy atom. The van der Waals surface area contributed by atoms with Crippen LogP contribution in [0.1, 0.15) is 71.8 Å². The van der Waals surface area contributed by atoms with E-state index in [2.05, 4.69) is 31.9 Å². The number of likely N-dealkylation sites (tertiary alicyclic amines) is 1. The number of thioether (sulfide) groups is 1. The third-order valence-corrected chi connectivity index (χ3v) is 11.2.